The van der Waals surface area contributed by atoms with Crippen molar-refractivity contribution in [3.63, 3.8) is 0 Å². The second-order valence-corrected chi connectivity index (χ2v) is 6.42. The summed E-state index contributed by atoms with van der Waals surface area (Å²) in [4.78, 5) is 29.7. The molecule has 1 aliphatic rings. The van der Waals surface area contributed by atoms with Crippen LogP contribution in [0.1, 0.15) is 13.3 Å². The zero-order valence-corrected chi connectivity index (χ0v) is 15.8. The van der Waals surface area contributed by atoms with Crippen LogP contribution in [0, 0.1) is 0 Å². The number of benzene rings is 1. The van der Waals surface area contributed by atoms with E-state index in [1.165, 1.54) is 5.69 Å². The van der Waals surface area contributed by atoms with Crippen LogP contribution in [0.25, 0.3) is 0 Å². The first-order valence-corrected chi connectivity index (χ1v) is 9.27. The first kappa shape index (κ1) is 20.0. The average molecular weight is 362 g/mol. The van der Waals surface area contributed by atoms with Crippen LogP contribution in [0.2, 0.25) is 0 Å². The maximum Gasteiger partial charge on any atom is 0.409 e. The van der Waals surface area contributed by atoms with Crippen molar-refractivity contribution in [1.29, 1.82) is 0 Å². The summed E-state index contributed by atoms with van der Waals surface area (Å²) < 4.78 is 5.00. The molecule has 26 heavy (non-hydrogen) atoms. The van der Waals surface area contributed by atoms with E-state index in [0.717, 1.165) is 13.0 Å². The van der Waals surface area contributed by atoms with Crippen LogP contribution in [0.3, 0.4) is 0 Å². The lowest BCUT2D eigenvalue weighted by atomic mass is 10.3. The van der Waals surface area contributed by atoms with Crippen molar-refractivity contribution in [1.82, 2.24) is 15.1 Å². The van der Waals surface area contributed by atoms with Crippen molar-refractivity contribution in [3.05, 3.63) is 30.3 Å². The number of nitrogens with one attached hydrogen (secondary N) is 1. The number of piperazine rings is 1. The van der Waals surface area contributed by atoms with E-state index < -0.39 is 0 Å². The van der Waals surface area contributed by atoms with Crippen molar-refractivity contribution in [3.8, 4) is 0 Å². The van der Waals surface area contributed by atoms with Crippen LogP contribution in [0.15, 0.2) is 30.3 Å². The Kier molecular flexibility index (Phi) is 8.21. The van der Waals surface area contributed by atoms with Gasteiger partial charge in [-0.15, -0.1) is 0 Å². The fraction of sp³-hybridized carbons (Fsp3) is 0.579. The molecule has 0 spiro atoms. The molecule has 1 aromatic carbocycles. The van der Waals surface area contributed by atoms with Gasteiger partial charge in [0.05, 0.1) is 13.2 Å². The molecule has 144 valence electrons. The molecule has 1 aromatic rings. The molecule has 7 nitrogen and oxygen atoms in total. The minimum Gasteiger partial charge on any atom is -0.450 e. The Morgan fingerprint density at radius 3 is 2.50 bits per heavy atom. The number of carbonyl (C=O) groups excluding carboxylic acids is 2. The van der Waals surface area contributed by atoms with E-state index in [1.54, 1.807) is 11.8 Å². The van der Waals surface area contributed by atoms with Gasteiger partial charge in [-0.25, -0.2) is 4.79 Å². The van der Waals surface area contributed by atoms with E-state index in [4.69, 9.17) is 4.74 Å². The molecule has 1 N–H and O–H groups in total. The molecule has 7 heteroatoms. The molecule has 0 saturated carbocycles. The number of rotatable bonds is 8. The van der Waals surface area contributed by atoms with E-state index in [2.05, 4.69) is 34.3 Å². The Labute approximate surface area is 155 Å². The fourth-order valence-electron chi connectivity index (χ4n) is 2.92. The van der Waals surface area contributed by atoms with Gasteiger partial charge in [-0.1, -0.05) is 18.2 Å². The Morgan fingerprint density at radius 1 is 1.15 bits per heavy atom. The molecular weight excluding hydrogens is 332 g/mol. The third-order valence-electron chi connectivity index (χ3n) is 4.45. The van der Waals surface area contributed by atoms with Crippen LogP contribution in [-0.4, -0.2) is 81.3 Å². The van der Waals surface area contributed by atoms with E-state index in [9.17, 15) is 9.59 Å². The third-order valence-corrected chi connectivity index (χ3v) is 4.45. The SMILES string of the molecule is CCOC(=O)N1CCN(CC(=O)NCCCN(C)c2ccccc2)CC1. The lowest BCUT2D eigenvalue weighted by Gasteiger charge is -2.33. The lowest BCUT2D eigenvalue weighted by Crippen LogP contribution is -2.51. The third kappa shape index (κ3) is 6.55. The number of carbonyl (C=O) groups is 2. The topological polar surface area (TPSA) is 65.1 Å². The smallest absolute Gasteiger partial charge is 0.409 e. The maximum absolute atomic E-state index is 12.1. The average Bonchev–Trinajstić information content (AvgIpc) is 2.66. The molecule has 1 fully saturated rings. The fourth-order valence-corrected chi connectivity index (χ4v) is 2.92. The minimum absolute atomic E-state index is 0.0388. The van der Waals surface area contributed by atoms with Crippen molar-refractivity contribution in [2.75, 3.05) is 64.4 Å². The summed E-state index contributed by atoms with van der Waals surface area (Å²) in [7, 11) is 2.06. The Balaban J connectivity index is 1.57. The molecule has 0 atom stereocenters. The van der Waals surface area contributed by atoms with Gasteiger partial charge in [0.1, 0.15) is 0 Å². The second kappa shape index (κ2) is 10.7. The number of hydrogen-bond donors (Lipinski definition) is 1. The van der Waals surface area contributed by atoms with E-state index in [0.29, 0.717) is 45.9 Å². The highest BCUT2D eigenvalue weighted by atomic mass is 16.6. The minimum atomic E-state index is -0.265. The molecule has 0 aliphatic carbocycles. The number of ether oxygens (including phenoxy) is 1. The van der Waals surface area contributed by atoms with E-state index in [1.807, 2.05) is 18.2 Å². The summed E-state index contributed by atoms with van der Waals surface area (Å²) in [5, 5.41) is 2.98. The summed E-state index contributed by atoms with van der Waals surface area (Å²) >= 11 is 0. The standard InChI is InChI=1S/C19H30N4O3/c1-3-26-19(25)23-14-12-22(13-15-23)16-18(24)20-10-7-11-21(2)17-8-5-4-6-9-17/h4-6,8-9H,3,7,10-16H2,1-2H3,(H,20,24). The predicted molar refractivity (Wildman–Crippen MR) is 102 cm³/mol. The van der Waals surface area contributed by atoms with Crippen molar-refractivity contribution >= 4 is 17.7 Å². The van der Waals surface area contributed by atoms with Gasteiger partial charge >= 0.3 is 6.09 Å². The highest BCUT2D eigenvalue weighted by Gasteiger charge is 2.22. The van der Waals surface area contributed by atoms with Crippen LogP contribution < -0.4 is 10.2 Å². The van der Waals surface area contributed by atoms with Crippen molar-refractivity contribution < 1.29 is 14.3 Å². The maximum atomic E-state index is 12.1. The first-order valence-electron chi connectivity index (χ1n) is 9.27. The molecule has 1 saturated heterocycles. The second-order valence-electron chi connectivity index (χ2n) is 6.42. The molecule has 1 heterocycles. The highest BCUT2D eigenvalue weighted by molar-refractivity contribution is 5.78. The van der Waals surface area contributed by atoms with Crippen LogP contribution in [0.5, 0.6) is 0 Å². The van der Waals surface area contributed by atoms with Gasteiger partial charge in [0.15, 0.2) is 0 Å². The highest BCUT2D eigenvalue weighted by Crippen LogP contribution is 2.10. The Morgan fingerprint density at radius 2 is 1.85 bits per heavy atom. The molecule has 0 unspecified atom stereocenters. The number of para-hydroxylation sites is 1. The Hall–Kier alpha value is -2.28. The molecule has 1 aliphatic heterocycles. The predicted octanol–water partition coefficient (Wildman–Crippen LogP) is 1.40. The van der Waals surface area contributed by atoms with E-state index in [-0.39, 0.29) is 12.0 Å². The van der Waals surface area contributed by atoms with Gasteiger partial charge in [-0.2, -0.15) is 0 Å². The van der Waals surface area contributed by atoms with Gasteiger partial charge in [0.2, 0.25) is 5.91 Å². The van der Waals surface area contributed by atoms with Crippen LogP contribution in [0.4, 0.5) is 10.5 Å². The van der Waals surface area contributed by atoms with Crippen molar-refractivity contribution in [2.45, 2.75) is 13.3 Å². The summed E-state index contributed by atoms with van der Waals surface area (Å²) in [5.74, 6) is 0.0388. The lowest BCUT2D eigenvalue weighted by molar-refractivity contribution is -0.122. The number of hydrogen-bond acceptors (Lipinski definition) is 5. The van der Waals surface area contributed by atoms with E-state index >= 15 is 0 Å². The molecule has 0 aromatic heterocycles. The van der Waals surface area contributed by atoms with Crippen molar-refractivity contribution in [2.24, 2.45) is 0 Å². The quantitative estimate of drug-likeness (QED) is 0.708. The monoisotopic (exact) mass is 362 g/mol. The summed E-state index contributed by atoms with van der Waals surface area (Å²) in [5.41, 5.74) is 1.18. The van der Waals surface area contributed by atoms with Gasteiger partial charge in [-0.3, -0.25) is 9.69 Å². The number of nitrogens with zero attached hydrogens (tertiary/aromatic N) is 3. The molecule has 0 bridgehead atoms. The van der Waals surface area contributed by atoms with Crippen LogP contribution in [-0.2, 0) is 9.53 Å². The summed E-state index contributed by atoms with van der Waals surface area (Å²) in [6, 6.07) is 10.2. The molecular formula is C19H30N4O3. The first-order chi connectivity index (χ1) is 12.6. The van der Waals surface area contributed by atoms with Gasteiger partial charge in [-0.05, 0) is 25.5 Å². The normalized spacial score (nSPS) is 14.8. The largest absolute Gasteiger partial charge is 0.450 e. The summed E-state index contributed by atoms with van der Waals surface area (Å²) in [6.07, 6.45) is 0.632. The van der Waals surface area contributed by atoms with Gasteiger partial charge in [0.25, 0.3) is 0 Å². The number of anilines is 1. The zero-order chi connectivity index (χ0) is 18.8. The molecule has 2 rings (SSSR count). The molecule has 0 radical (unpaired) electrons. The molecule has 2 amide bonds. The van der Waals surface area contributed by atoms with Gasteiger partial charge < -0.3 is 19.9 Å². The zero-order valence-electron chi connectivity index (χ0n) is 15.8. The number of amides is 2. The van der Waals surface area contributed by atoms with Crippen LogP contribution >= 0.6 is 0 Å². The Bertz CT molecular complexity index is 559. The van der Waals surface area contributed by atoms with Gasteiger partial charge in [0, 0.05) is 52.0 Å². The summed E-state index contributed by atoms with van der Waals surface area (Å²) in [6.45, 7) is 6.73.